The van der Waals surface area contributed by atoms with Gasteiger partial charge in [-0.1, -0.05) is 78.3 Å². The van der Waals surface area contributed by atoms with Gasteiger partial charge in [-0.05, 0) is 76.9 Å². The summed E-state index contributed by atoms with van der Waals surface area (Å²) in [6.07, 6.45) is 0. The van der Waals surface area contributed by atoms with Gasteiger partial charge in [-0.15, -0.1) is 0 Å². The highest BCUT2D eigenvalue weighted by Gasteiger charge is 2.35. The van der Waals surface area contributed by atoms with Crippen molar-refractivity contribution in [1.82, 2.24) is 0 Å². The smallest absolute Gasteiger partial charge is 0.137 e. The van der Waals surface area contributed by atoms with Gasteiger partial charge in [0.2, 0.25) is 0 Å². The molecule has 3 heteroatoms. The van der Waals surface area contributed by atoms with Crippen LogP contribution in [0.2, 0.25) is 0 Å². The number of anilines is 3. The predicted octanol–water partition coefficient (Wildman–Crippen LogP) is 10.1. The van der Waals surface area contributed by atoms with E-state index in [4.69, 9.17) is 4.42 Å². The number of para-hydroxylation sites is 1. The first-order chi connectivity index (χ1) is 17.5. The molecule has 1 aliphatic rings. The summed E-state index contributed by atoms with van der Waals surface area (Å²) in [5.74, 6) is 0. The summed E-state index contributed by atoms with van der Waals surface area (Å²) in [5.41, 5.74) is 10.4. The predicted molar refractivity (Wildman–Crippen MR) is 154 cm³/mol. The van der Waals surface area contributed by atoms with Crippen molar-refractivity contribution < 1.29 is 4.42 Å². The molecule has 1 aromatic heterocycles. The summed E-state index contributed by atoms with van der Waals surface area (Å²) in [4.78, 5) is 2.32. The van der Waals surface area contributed by atoms with Crippen molar-refractivity contribution in [2.75, 3.05) is 4.90 Å². The van der Waals surface area contributed by atoms with E-state index < -0.39 is 0 Å². The third-order valence-corrected chi connectivity index (χ3v) is 8.06. The standard InChI is InChI=1S/C33H24BrNO/c1-33(2)29-9-5-3-7-25(29)26-17-15-23(19-30(26)33)35(22-13-11-21(34)12-14-22)24-16-18-28-27-8-4-6-10-31(27)36-32(28)20-24/h3-20H,1-2H3. The molecule has 7 rings (SSSR count). The van der Waals surface area contributed by atoms with Crippen molar-refractivity contribution in [3.63, 3.8) is 0 Å². The Labute approximate surface area is 218 Å². The van der Waals surface area contributed by atoms with E-state index in [0.29, 0.717) is 0 Å². The minimum absolute atomic E-state index is 0.0595. The van der Waals surface area contributed by atoms with E-state index in [1.165, 1.54) is 22.3 Å². The Kier molecular flexibility index (Phi) is 4.67. The second-order valence-corrected chi connectivity index (χ2v) is 10.9. The van der Waals surface area contributed by atoms with E-state index in [0.717, 1.165) is 43.5 Å². The zero-order chi connectivity index (χ0) is 24.4. The molecule has 0 saturated heterocycles. The molecule has 0 bridgehead atoms. The second kappa shape index (κ2) is 7.84. The zero-order valence-electron chi connectivity index (χ0n) is 20.1. The third-order valence-electron chi connectivity index (χ3n) is 7.53. The Morgan fingerprint density at radius 2 is 1.22 bits per heavy atom. The summed E-state index contributed by atoms with van der Waals surface area (Å²) in [7, 11) is 0. The van der Waals surface area contributed by atoms with Crippen LogP contribution in [-0.4, -0.2) is 0 Å². The fourth-order valence-corrected chi connectivity index (χ4v) is 5.99. The average molecular weight is 530 g/mol. The molecule has 174 valence electrons. The maximum Gasteiger partial charge on any atom is 0.137 e. The first-order valence-electron chi connectivity index (χ1n) is 12.2. The van der Waals surface area contributed by atoms with Gasteiger partial charge in [0.15, 0.2) is 0 Å². The Balaban J connectivity index is 1.43. The van der Waals surface area contributed by atoms with Gasteiger partial charge in [-0.2, -0.15) is 0 Å². The van der Waals surface area contributed by atoms with Crippen molar-refractivity contribution in [2.45, 2.75) is 19.3 Å². The maximum atomic E-state index is 6.25. The van der Waals surface area contributed by atoms with Crippen LogP contribution in [0.3, 0.4) is 0 Å². The first kappa shape index (κ1) is 21.5. The Bertz CT molecular complexity index is 1780. The summed E-state index contributed by atoms with van der Waals surface area (Å²) >= 11 is 3.60. The van der Waals surface area contributed by atoms with E-state index in [-0.39, 0.29) is 5.41 Å². The molecule has 0 aliphatic heterocycles. The number of furan rings is 1. The lowest BCUT2D eigenvalue weighted by Gasteiger charge is -2.28. The fraction of sp³-hybridized carbons (Fsp3) is 0.0909. The molecule has 1 heterocycles. The number of benzene rings is 5. The Morgan fingerprint density at radius 1 is 0.583 bits per heavy atom. The number of rotatable bonds is 3. The second-order valence-electron chi connectivity index (χ2n) is 9.99. The quantitative estimate of drug-likeness (QED) is 0.226. The van der Waals surface area contributed by atoms with E-state index in [1.54, 1.807) is 0 Å². The van der Waals surface area contributed by atoms with E-state index in [9.17, 15) is 0 Å². The van der Waals surface area contributed by atoms with Gasteiger partial charge < -0.3 is 9.32 Å². The van der Waals surface area contributed by atoms with Crippen LogP contribution in [0.5, 0.6) is 0 Å². The van der Waals surface area contributed by atoms with Gasteiger partial charge >= 0.3 is 0 Å². The molecular formula is C33H24BrNO. The lowest BCUT2D eigenvalue weighted by atomic mass is 9.82. The lowest BCUT2D eigenvalue weighted by molar-refractivity contribution is 0.660. The molecule has 6 aromatic rings. The maximum absolute atomic E-state index is 6.25. The summed E-state index contributed by atoms with van der Waals surface area (Å²) < 4.78 is 7.31. The molecule has 0 amide bonds. The summed E-state index contributed by atoms with van der Waals surface area (Å²) in [5, 5.41) is 2.28. The Hall–Kier alpha value is -3.82. The third kappa shape index (κ3) is 3.16. The molecule has 36 heavy (non-hydrogen) atoms. The number of hydrogen-bond donors (Lipinski definition) is 0. The van der Waals surface area contributed by atoms with Crippen LogP contribution in [-0.2, 0) is 5.41 Å². The average Bonchev–Trinajstić information content (AvgIpc) is 3.38. The van der Waals surface area contributed by atoms with Crippen molar-refractivity contribution >= 4 is 54.9 Å². The highest BCUT2D eigenvalue weighted by Crippen LogP contribution is 2.50. The number of nitrogens with zero attached hydrogens (tertiary/aromatic N) is 1. The van der Waals surface area contributed by atoms with Crippen LogP contribution < -0.4 is 4.90 Å². The van der Waals surface area contributed by atoms with E-state index >= 15 is 0 Å². The number of hydrogen-bond acceptors (Lipinski definition) is 2. The molecule has 0 spiro atoms. The first-order valence-corrected chi connectivity index (χ1v) is 13.0. The lowest BCUT2D eigenvalue weighted by Crippen LogP contribution is -2.16. The molecule has 0 fully saturated rings. The topological polar surface area (TPSA) is 16.4 Å². The number of halogens is 1. The highest BCUT2D eigenvalue weighted by molar-refractivity contribution is 9.10. The van der Waals surface area contributed by atoms with Gasteiger partial charge in [0.05, 0.1) is 0 Å². The largest absolute Gasteiger partial charge is 0.456 e. The van der Waals surface area contributed by atoms with Crippen molar-refractivity contribution in [2.24, 2.45) is 0 Å². The van der Waals surface area contributed by atoms with Gasteiger partial charge in [0, 0.05) is 43.8 Å². The Morgan fingerprint density at radius 3 is 2.08 bits per heavy atom. The van der Waals surface area contributed by atoms with Crippen molar-refractivity contribution in [3.05, 3.63) is 125 Å². The molecule has 1 aliphatic carbocycles. The van der Waals surface area contributed by atoms with Gasteiger partial charge in [0.1, 0.15) is 11.2 Å². The molecule has 0 atom stereocenters. The zero-order valence-corrected chi connectivity index (χ0v) is 21.7. The molecule has 2 nitrogen and oxygen atoms in total. The van der Waals surface area contributed by atoms with Crippen LogP contribution in [0.4, 0.5) is 17.1 Å². The molecular weight excluding hydrogens is 506 g/mol. The summed E-state index contributed by atoms with van der Waals surface area (Å²) in [6.45, 7) is 4.65. The van der Waals surface area contributed by atoms with Gasteiger partial charge in [-0.25, -0.2) is 0 Å². The highest BCUT2D eigenvalue weighted by atomic mass is 79.9. The molecule has 5 aromatic carbocycles. The monoisotopic (exact) mass is 529 g/mol. The van der Waals surface area contributed by atoms with Crippen LogP contribution in [0.1, 0.15) is 25.0 Å². The molecule has 0 saturated carbocycles. The molecule has 0 radical (unpaired) electrons. The fourth-order valence-electron chi connectivity index (χ4n) is 5.72. The summed E-state index contributed by atoms with van der Waals surface area (Å²) in [6, 6.07) is 38.9. The van der Waals surface area contributed by atoms with Crippen LogP contribution in [0.25, 0.3) is 33.1 Å². The van der Waals surface area contributed by atoms with Crippen molar-refractivity contribution in [1.29, 1.82) is 0 Å². The SMILES string of the molecule is CC1(C)c2ccccc2-c2ccc(N(c3ccc(Br)cc3)c3ccc4c(c3)oc3ccccc34)cc21. The minimum atomic E-state index is -0.0595. The van der Waals surface area contributed by atoms with Crippen LogP contribution >= 0.6 is 15.9 Å². The number of fused-ring (bicyclic) bond motifs is 6. The molecule has 0 N–H and O–H groups in total. The van der Waals surface area contributed by atoms with Gasteiger partial charge in [-0.3, -0.25) is 0 Å². The normalized spacial score (nSPS) is 13.6. The van der Waals surface area contributed by atoms with Crippen LogP contribution in [0.15, 0.2) is 118 Å². The van der Waals surface area contributed by atoms with Crippen LogP contribution in [0, 0.1) is 0 Å². The van der Waals surface area contributed by atoms with Gasteiger partial charge in [0.25, 0.3) is 0 Å². The van der Waals surface area contributed by atoms with Crippen molar-refractivity contribution in [3.8, 4) is 11.1 Å². The van der Waals surface area contributed by atoms with E-state index in [2.05, 4.69) is 132 Å². The minimum Gasteiger partial charge on any atom is -0.456 e. The molecule has 0 unspecified atom stereocenters. The van der Waals surface area contributed by atoms with E-state index in [1.807, 2.05) is 12.1 Å².